The number of thioether (sulfide) groups is 1. The molecule has 1 atom stereocenters. The van der Waals surface area contributed by atoms with Crippen molar-refractivity contribution in [2.75, 3.05) is 11.9 Å². The van der Waals surface area contributed by atoms with Crippen molar-refractivity contribution in [2.24, 2.45) is 0 Å². The van der Waals surface area contributed by atoms with E-state index in [0.717, 1.165) is 11.1 Å². The highest BCUT2D eigenvalue weighted by atomic mass is 35.5. The number of ether oxygens (including phenoxy) is 1. The first kappa shape index (κ1) is 20.5. The molecule has 1 aliphatic heterocycles. The lowest BCUT2D eigenvalue weighted by Gasteiger charge is -2.26. The van der Waals surface area contributed by atoms with Crippen molar-refractivity contribution in [1.82, 2.24) is 9.97 Å². The lowest BCUT2D eigenvalue weighted by Crippen LogP contribution is -2.31. The molecule has 0 bridgehead atoms. The van der Waals surface area contributed by atoms with Crippen LogP contribution in [0.2, 0.25) is 5.02 Å². The van der Waals surface area contributed by atoms with Gasteiger partial charge in [-0.05, 0) is 24.6 Å². The number of benzene rings is 2. The van der Waals surface area contributed by atoms with E-state index in [0.29, 0.717) is 39.7 Å². The molecule has 2 N–H and O–H groups in total. The SMILES string of the molecule is CCOc1ccccc1C1CC(=O)Nc2nc(SCc3ccccc3Cl)[nH]c(=O)c21. The van der Waals surface area contributed by atoms with Crippen LogP contribution in [-0.2, 0) is 10.5 Å². The standard InChI is InChI=1S/C22H20ClN3O3S/c1-2-29-17-10-6-4-8-14(17)15-11-18(27)24-20-19(15)21(28)26-22(25-20)30-12-13-7-3-5-9-16(13)23/h3-10,15H,2,11-12H2,1H3,(H2,24,25,26,27,28). The van der Waals surface area contributed by atoms with Crippen LogP contribution in [0.3, 0.4) is 0 Å². The van der Waals surface area contributed by atoms with Gasteiger partial charge in [-0.25, -0.2) is 4.98 Å². The molecule has 0 aliphatic carbocycles. The Balaban J connectivity index is 1.68. The van der Waals surface area contributed by atoms with Crippen molar-refractivity contribution in [2.45, 2.75) is 30.2 Å². The Kier molecular flexibility index (Phi) is 6.11. The highest BCUT2D eigenvalue weighted by molar-refractivity contribution is 7.98. The van der Waals surface area contributed by atoms with E-state index in [1.165, 1.54) is 11.8 Å². The highest BCUT2D eigenvalue weighted by Crippen LogP contribution is 2.38. The first-order chi connectivity index (χ1) is 14.6. The van der Waals surface area contributed by atoms with Crippen molar-refractivity contribution in [3.8, 4) is 5.75 Å². The van der Waals surface area contributed by atoms with Crippen molar-refractivity contribution < 1.29 is 9.53 Å². The monoisotopic (exact) mass is 441 g/mol. The average molecular weight is 442 g/mol. The largest absolute Gasteiger partial charge is 0.494 e. The summed E-state index contributed by atoms with van der Waals surface area (Å²) in [7, 11) is 0. The summed E-state index contributed by atoms with van der Waals surface area (Å²) in [4.78, 5) is 32.8. The van der Waals surface area contributed by atoms with Crippen LogP contribution in [0, 0.1) is 0 Å². The minimum Gasteiger partial charge on any atom is -0.494 e. The summed E-state index contributed by atoms with van der Waals surface area (Å²) in [6, 6.07) is 15.0. The van der Waals surface area contributed by atoms with Crippen LogP contribution in [0.5, 0.6) is 5.75 Å². The summed E-state index contributed by atoms with van der Waals surface area (Å²) < 4.78 is 5.72. The van der Waals surface area contributed by atoms with Crippen molar-refractivity contribution in [1.29, 1.82) is 0 Å². The molecule has 0 saturated carbocycles. The number of aromatic nitrogens is 2. The van der Waals surface area contributed by atoms with E-state index in [4.69, 9.17) is 16.3 Å². The number of para-hydroxylation sites is 1. The number of halogens is 1. The number of H-pyrrole nitrogens is 1. The molecule has 0 spiro atoms. The normalized spacial score (nSPS) is 15.4. The Hall–Kier alpha value is -2.77. The van der Waals surface area contributed by atoms with E-state index in [9.17, 15) is 9.59 Å². The fourth-order valence-electron chi connectivity index (χ4n) is 3.50. The summed E-state index contributed by atoms with van der Waals surface area (Å²) in [5.74, 6) is 0.913. The molecule has 1 aliphatic rings. The van der Waals surface area contributed by atoms with E-state index >= 15 is 0 Å². The zero-order chi connectivity index (χ0) is 21.1. The topological polar surface area (TPSA) is 84.1 Å². The van der Waals surface area contributed by atoms with Gasteiger partial charge in [0.05, 0.1) is 12.2 Å². The van der Waals surface area contributed by atoms with Gasteiger partial charge in [0.2, 0.25) is 5.91 Å². The molecule has 8 heteroatoms. The maximum absolute atomic E-state index is 13.0. The quantitative estimate of drug-likeness (QED) is 0.431. The summed E-state index contributed by atoms with van der Waals surface area (Å²) in [6.07, 6.45) is 0.161. The van der Waals surface area contributed by atoms with E-state index in [1.54, 1.807) is 0 Å². The molecule has 1 aromatic heterocycles. The van der Waals surface area contributed by atoms with Crippen molar-refractivity contribution >= 4 is 35.1 Å². The molecule has 0 fully saturated rings. The summed E-state index contributed by atoms with van der Waals surface area (Å²) in [5, 5.41) is 3.84. The second-order valence-corrected chi connectivity index (χ2v) is 8.16. The van der Waals surface area contributed by atoms with Gasteiger partial charge in [0.15, 0.2) is 5.16 Å². The van der Waals surface area contributed by atoms with E-state index in [2.05, 4.69) is 15.3 Å². The number of anilines is 1. The number of hydrogen-bond acceptors (Lipinski definition) is 5. The zero-order valence-corrected chi connectivity index (χ0v) is 17.8. The molecule has 4 rings (SSSR count). The number of hydrogen-bond donors (Lipinski definition) is 2. The van der Waals surface area contributed by atoms with Gasteiger partial charge in [0.1, 0.15) is 11.6 Å². The molecule has 154 valence electrons. The van der Waals surface area contributed by atoms with Gasteiger partial charge in [-0.1, -0.05) is 59.8 Å². The third kappa shape index (κ3) is 4.22. The average Bonchev–Trinajstić information content (AvgIpc) is 2.73. The molecular formula is C22H20ClN3O3S. The fraction of sp³-hybridized carbons (Fsp3) is 0.227. The van der Waals surface area contributed by atoms with E-state index in [1.807, 2.05) is 55.5 Å². The Morgan fingerprint density at radius 3 is 2.73 bits per heavy atom. The van der Waals surface area contributed by atoms with E-state index < -0.39 is 5.92 Å². The van der Waals surface area contributed by atoms with Gasteiger partial charge >= 0.3 is 0 Å². The van der Waals surface area contributed by atoms with Gasteiger partial charge in [0.25, 0.3) is 5.56 Å². The number of carbonyl (C=O) groups is 1. The lowest BCUT2D eigenvalue weighted by atomic mass is 9.86. The van der Waals surface area contributed by atoms with Crippen LogP contribution in [0.1, 0.15) is 36.0 Å². The second kappa shape index (κ2) is 8.93. The first-order valence-corrected chi connectivity index (χ1v) is 10.9. The summed E-state index contributed by atoms with van der Waals surface area (Å²) in [5.41, 5.74) is 1.93. The Bertz CT molecular complexity index is 1150. The van der Waals surface area contributed by atoms with Crippen LogP contribution in [0.15, 0.2) is 58.5 Å². The molecule has 2 heterocycles. The highest BCUT2D eigenvalue weighted by Gasteiger charge is 2.32. The fourth-order valence-corrected chi connectivity index (χ4v) is 4.65. The molecule has 0 radical (unpaired) electrons. The third-order valence-corrected chi connectivity index (χ3v) is 6.14. The predicted molar refractivity (Wildman–Crippen MR) is 119 cm³/mol. The Morgan fingerprint density at radius 1 is 1.17 bits per heavy atom. The maximum atomic E-state index is 13.0. The molecule has 1 unspecified atom stereocenters. The number of nitrogens with one attached hydrogen (secondary N) is 2. The number of carbonyl (C=O) groups excluding carboxylic acids is 1. The molecule has 0 saturated heterocycles. The Labute approximate surface area is 183 Å². The summed E-state index contributed by atoms with van der Waals surface area (Å²) >= 11 is 7.57. The predicted octanol–water partition coefficient (Wildman–Crippen LogP) is 4.59. The van der Waals surface area contributed by atoms with Gasteiger partial charge < -0.3 is 15.0 Å². The Morgan fingerprint density at radius 2 is 1.93 bits per heavy atom. The number of nitrogens with zero attached hydrogens (tertiary/aromatic N) is 1. The van der Waals surface area contributed by atoms with Crippen LogP contribution in [-0.4, -0.2) is 22.5 Å². The van der Waals surface area contributed by atoms with Gasteiger partial charge in [-0.15, -0.1) is 0 Å². The van der Waals surface area contributed by atoms with Crippen LogP contribution in [0.4, 0.5) is 5.82 Å². The van der Waals surface area contributed by atoms with Crippen LogP contribution < -0.4 is 15.6 Å². The van der Waals surface area contributed by atoms with Crippen LogP contribution in [0.25, 0.3) is 0 Å². The molecular weight excluding hydrogens is 422 g/mol. The van der Waals surface area contributed by atoms with Gasteiger partial charge in [-0.2, -0.15) is 0 Å². The smallest absolute Gasteiger partial charge is 0.257 e. The molecule has 3 aromatic rings. The molecule has 2 aromatic carbocycles. The van der Waals surface area contributed by atoms with Gasteiger partial charge in [-0.3, -0.25) is 9.59 Å². The molecule has 30 heavy (non-hydrogen) atoms. The number of amides is 1. The first-order valence-electron chi connectivity index (χ1n) is 9.58. The second-order valence-electron chi connectivity index (χ2n) is 6.79. The third-order valence-electron chi connectivity index (χ3n) is 4.85. The van der Waals surface area contributed by atoms with Crippen molar-refractivity contribution in [3.05, 3.63) is 80.6 Å². The van der Waals surface area contributed by atoms with Crippen LogP contribution >= 0.6 is 23.4 Å². The number of fused-ring (bicyclic) bond motifs is 1. The number of aromatic amines is 1. The van der Waals surface area contributed by atoms with Gasteiger partial charge in [0, 0.05) is 28.7 Å². The number of rotatable bonds is 6. The minimum atomic E-state index is -0.421. The maximum Gasteiger partial charge on any atom is 0.257 e. The summed E-state index contributed by atoms with van der Waals surface area (Å²) in [6.45, 7) is 2.39. The van der Waals surface area contributed by atoms with E-state index in [-0.39, 0.29) is 17.9 Å². The van der Waals surface area contributed by atoms with Crippen molar-refractivity contribution in [3.63, 3.8) is 0 Å². The molecule has 6 nitrogen and oxygen atoms in total. The lowest BCUT2D eigenvalue weighted by molar-refractivity contribution is -0.116. The minimum absolute atomic E-state index is 0.161. The molecule has 1 amide bonds. The zero-order valence-electron chi connectivity index (χ0n) is 16.3.